The molecule has 1 saturated heterocycles. The average Bonchev–Trinajstić information content (AvgIpc) is 3.11. The van der Waals surface area contributed by atoms with Crippen molar-refractivity contribution < 1.29 is 19.1 Å². The number of carbonyl (C=O) groups excluding carboxylic acids is 2. The third kappa shape index (κ3) is 5.48. The lowest BCUT2D eigenvalue weighted by atomic mass is 10.1. The van der Waals surface area contributed by atoms with Crippen molar-refractivity contribution in [2.75, 3.05) is 18.2 Å². The highest BCUT2D eigenvalue weighted by atomic mass is 79.9. The van der Waals surface area contributed by atoms with Gasteiger partial charge < -0.3 is 9.47 Å². The van der Waals surface area contributed by atoms with Crippen molar-refractivity contribution in [3.63, 3.8) is 0 Å². The van der Waals surface area contributed by atoms with Gasteiger partial charge in [0.05, 0.1) is 5.69 Å². The van der Waals surface area contributed by atoms with Crippen molar-refractivity contribution in [3.05, 3.63) is 93.5 Å². The van der Waals surface area contributed by atoms with Crippen LogP contribution in [0.4, 0.5) is 5.69 Å². The third-order valence-electron chi connectivity index (χ3n) is 5.31. The van der Waals surface area contributed by atoms with Crippen LogP contribution in [0.3, 0.4) is 0 Å². The molecule has 0 aromatic heterocycles. The van der Waals surface area contributed by atoms with Gasteiger partial charge in [0.1, 0.15) is 30.3 Å². The number of hydrogen-bond donors (Lipinski definition) is 1. The third-order valence-corrected chi connectivity index (χ3v) is 5.80. The molecule has 1 fully saturated rings. The predicted molar refractivity (Wildman–Crippen MR) is 136 cm³/mol. The molecule has 0 atom stereocenters. The molecule has 0 saturated carbocycles. The standard InChI is InChI=1S/C27H25BrN2O4/c1-3-19-13-18(2)14-23(15-19)33-11-12-34-25-10-9-21(28)16-20(25)17-24-26(31)29-30(27(24)32)22-7-5-4-6-8-22/h4-10,13-17H,3,11-12H2,1-2H3,(H,29,31)/b24-17-. The van der Waals surface area contributed by atoms with E-state index in [0.29, 0.717) is 30.2 Å². The maximum Gasteiger partial charge on any atom is 0.282 e. The minimum atomic E-state index is -0.464. The highest BCUT2D eigenvalue weighted by Gasteiger charge is 2.34. The number of carbonyl (C=O) groups is 2. The van der Waals surface area contributed by atoms with Gasteiger partial charge in [0, 0.05) is 10.0 Å². The van der Waals surface area contributed by atoms with Crippen LogP contribution < -0.4 is 19.9 Å². The first-order chi connectivity index (χ1) is 16.4. The fourth-order valence-electron chi connectivity index (χ4n) is 3.66. The van der Waals surface area contributed by atoms with Crippen LogP contribution in [0.25, 0.3) is 6.08 Å². The van der Waals surface area contributed by atoms with Crippen LogP contribution in [0.15, 0.2) is 76.8 Å². The summed E-state index contributed by atoms with van der Waals surface area (Å²) >= 11 is 3.45. The summed E-state index contributed by atoms with van der Waals surface area (Å²) in [5, 5.41) is 1.24. The molecule has 2 amide bonds. The molecule has 0 bridgehead atoms. The van der Waals surface area contributed by atoms with Gasteiger partial charge in [-0.25, -0.2) is 5.01 Å². The number of aryl methyl sites for hydroxylation is 2. The van der Waals surface area contributed by atoms with Gasteiger partial charge in [-0.2, -0.15) is 0 Å². The molecule has 3 aromatic rings. The quantitative estimate of drug-likeness (QED) is 0.250. The largest absolute Gasteiger partial charge is 0.490 e. The molecule has 1 N–H and O–H groups in total. The topological polar surface area (TPSA) is 67.9 Å². The lowest BCUT2D eigenvalue weighted by Gasteiger charge is -2.14. The Morgan fingerprint density at radius 1 is 0.971 bits per heavy atom. The molecule has 6 nitrogen and oxygen atoms in total. The second kappa shape index (κ2) is 10.6. The Hall–Kier alpha value is -3.58. The van der Waals surface area contributed by atoms with E-state index in [0.717, 1.165) is 22.2 Å². The van der Waals surface area contributed by atoms with E-state index in [1.165, 1.54) is 10.6 Å². The Balaban J connectivity index is 1.47. The van der Waals surface area contributed by atoms with Gasteiger partial charge in [0.15, 0.2) is 0 Å². The van der Waals surface area contributed by atoms with E-state index >= 15 is 0 Å². The van der Waals surface area contributed by atoms with E-state index in [2.05, 4.69) is 34.3 Å². The van der Waals surface area contributed by atoms with Crippen molar-refractivity contribution in [1.29, 1.82) is 0 Å². The van der Waals surface area contributed by atoms with Crippen molar-refractivity contribution in [2.45, 2.75) is 20.3 Å². The van der Waals surface area contributed by atoms with E-state index in [-0.39, 0.29) is 5.57 Å². The van der Waals surface area contributed by atoms with Gasteiger partial charge >= 0.3 is 0 Å². The molecular formula is C27H25BrN2O4. The average molecular weight is 521 g/mol. The summed E-state index contributed by atoms with van der Waals surface area (Å²) in [6.07, 6.45) is 2.50. The monoisotopic (exact) mass is 520 g/mol. The van der Waals surface area contributed by atoms with Crippen LogP contribution in [-0.2, 0) is 16.0 Å². The molecule has 7 heteroatoms. The maximum absolute atomic E-state index is 12.9. The Kier molecular flexibility index (Phi) is 7.33. The number of anilines is 1. The van der Waals surface area contributed by atoms with E-state index < -0.39 is 11.8 Å². The minimum Gasteiger partial charge on any atom is -0.490 e. The Bertz CT molecular complexity index is 1240. The summed E-state index contributed by atoms with van der Waals surface area (Å²) in [4.78, 5) is 25.5. The number of halogens is 1. The SMILES string of the molecule is CCc1cc(C)cc(OCCOc2ccc(Br)cc2/C=C2/C(=O)NN(c3ccccc3)C2=O)c1. The first-order valence-electron chi connectivity index (χ1n) is 11.0. The minimum absolute atomic E-state index is 0.0370. The lowest BCUT2D eigenvalue weighted by Crippen LogP contribution is -2.35. The molecule has 1 aliphatic heterocycles. The van der Waals surface area contributed by atoms with Crippen LogP contribution in [0, 0.1) is 6.92 Å². The van der Waals surface area contributed by atoms with Crippen LogP contribution in [0.1, 0.15) is 23.6 Å². The van der Waals surface area contributed by atoms with Crippen LogP contribution >= 0.6 is 15.9 Å². The number of nitrogens with one attached hydrogen (secondary N) is 1. The second-order valence-electron chi connectivity index (χ2n) is 7.86. The number of hydrazine groups is 1. The summed E-state index contributed by atoms with van der Waals surface area (Å²) in [5.74, 6) is 0.482. The Labute approximate surface area is 207 Å². The zero-order valence-corrected chi connectivity index (χ0v) is 20.6. The van der Waals surface area contributed by atoms with Crippen molar-refractivity contribution >= 4 is 39.5 Å². The Morgan fingerprint density at radius 2 is 1.74 bits per heavy atom. The van der Waals surface area contributed by atoms with Crippen molar-refractivity contribution in [2.24, 2.45) is 0 Å². The number of para-hydroxylation sites is 1. The fraction of sp³-hybridized carbons (Fsp3) is 0.185. The summed E-state index contributed by atoms with van der Waals surface area (Å²) in [5.41, 5.74) is 6.24. The summed E-state index contributed by atoms with van der Waals surface area (Å²) in [6, 6.07) is 20.6. The van der Waals surface area contributed by atoms with Crippen LogP contribution in [0.2, 0.25) is 0 Å². The number of rotatable bonds is 8. The predicted octanol–water partition coefficient (Wildman–Crippen LogP) is 5.24. The van der Waals surface area contributed by atoms with Gasteiger partial charge in [-0.3, -0.25) is 15.0 Å². The number of amides is 2. The molecular weight excluding hydrogens is 496 g/mol. The van der Waals surface area contributed by atoms with Gasteiger partial charge in [-0.05, 0) is 73.0 Å². The molecule has 0 aliphatic carbocycles. The molecule has 174 valence electrons. The van der Waals surface area contributed by atoms with E-state index in [1.54, 1.807) is 36.4 Å². The molecule has 34 heavy (non-hydrogen) atoms. The normalized spacial score (nSPS) is 14.4. The summed E-state index contributed by atoms with van der Waals surface area (Å²) < 4.78 is 12.6. The molecule has 0 unspecified atom stereocenters. The van der Waals surface area contributed by atoms with E-state index in [1.807, 2.05) is 37.3 Å². The zero-order valence-electron chi connectivity index (χ0n) is 19.0. The summed E-state index contributed by atoms with van der Waals surface area (Å²) in [6.45, 7) is 4.83. The highest BCUT2D eigenvalue weighted by molar-refractivity contribution is 9.10. The second-order valence-corrected chi connectivity index (χ2v) is 8.78. The van der Waals surface area contributed by atoms with Crippen LogP contribution in [-0.4, -0.2) is 25.0 Å². The number of benzene rings is 3. The smallest absolute Gasteiger partial charge is 0.282 e. The highest BCUT2D eigenvalue weighted by Crippen LogP contribution is 2.28. The van der Waals surface area contributed by atoms with Gasteiger partial charge in [-0.15, -0.1) is 0 Å². The molecule has 1 aliphatic rings. The number of hydrogen-bond acceptors (Lipinski definition) is 4. The summed E-state index contributed by atoms with van der Waals surface area (Å²) in [7, 11) is 0. The fourth-order valence-corrected chi connectivity index (χ4v) is 4.04. The number of nitrogens with zero attached hydrogens (tertiary/aromatic N) is 1. The Morgan fingerprint density at radius 3 is 2.50 bits per heavy atom. The van der Waals surface area contributed by atoms with Gasteiger partial charge in [0.2, 0.25) is 0 Å². The van der Waals surface area contributed by atoms with Crippen molar-refractivity contribution in [3.8, 4) is 11.5 Å². The zero-order chi connectivity index (χ0) is 24.1. The number of ether oxygens (including phenoxy) is 2. The molecule has 1 heterocycles. The first kappa shape index (κ1) is 23.6. The molecule has 0 spiro atoms. The molecule has 3 aromatic carbocycles. The molecule has 4 rings (SSSR count). The van der Waals surface area contributed by atoms with Gasteiger partial charge in [-0.1, -0.05) is 47.1 Å². The van der Waals surface area contributed by atoms with E-state index in [4.69, 9.17) is 9.47 Å². The molecule has 0 radical (unpaired) electrons. The van der Waals surface area contributed by atoms with Crippen LogP contribution in [0.5, 0.6) is 11.5 Å². The first-order valence-corrected chi connectivity index (χ1v) is 11.8. The van der Waals surface area contributed by atoms with Gasteiger partial charge in [0.25, 0.3) is 11.8 Å². The maximum atomic E-state index is 12.9. The lowest BCUT2D eigenvalue weighted by molar-refractivity contribution is -0.117. The van der Waals surface area contributed by atoms with E-state index in [9.17, 15) is 9.59 Å². The van der Waals surface area contributed by atoms with Crippen molar-refractivity contribution in [1.82, 2.24) is 5.43 Å².